The monoisotopic (exact) mass is 877 g/mol. The molecular formula is C57H96O6. The van der Waals surface area contributed by atoms with Gasteiger partial charge in [-0.3, -0.25) is 14.4 Å². The second-order valence-corrected chi connectivity index (χ2v) is 17.1. The van der Waals surface area contributed by atoms with Gasteiger partial charge in [-0.1, -0.05) is 183 Å². The first-order valence-corrected chi connectivity index (χ1v) is 26.1. The number of carbonyl (C=O) groups is 3. The number of unbranched alkanes of at least 4 members (excludes halogenated alkanes) is 21. The number of carbonyl (C=O) groups excluding carboxylic acids is 3. The van der Waals surface area contributed by atoms with E-state index in [1.807, 2.05) is 0 Å². The Hall–Kier alpha value is -3.41. The van der Waals surface area contributed by atoms with E-state index in [0.717, 1.165) is 89.9 Å². The van der Waals surface area contributed by atoms with Crippen LogP contribution in [0.4, 0.5) is 0 Å². The molecule has 0 aromatic rings. The van der Waals surface area contributed by atoms with Crippen LogP contribution in [-0.4, -0.2) is 37.2 Å². The summed E-state index contributed by atoms with van der Waals surface area (Å²) in [5.74, 6) is -0.996. The van der Waals surface area contributed by atoms with Crippen molar-refractivity contribution < 1.29 is 28.6 Å². The van der Waals surface area contributed by atoms with Gasteiger partial charge in [0.1, 0.15) is 13.2 Å². The van der Waals surface area contributed by atoms with Crippen molar-refractivity contribution in [2.45, 2.75) is 245 Å². The first kappa shape index (κ1) is 59.6. The van der Waals surface area contributed by atoms with Gasteiger partial charge < -0.3 is 14.2 Å². The van der Waals surface area contributed by atoms with Crippen LogP contribution in [0.15, 0.2) is 85.1 Å². The lowest BCUT2D eigenvalue weighted by atomic mass is 10.1. The largest absolute Gasteiger partial charge is 0.462 e. The Morgan fingerprint density at radius 3 is 0.968 bits per heavy atom. The Bertz CT molecular complexity index is 1240. The molecule has 0 spiro atoms. The van der Waals surface area contributed by atoms with Gasteiger partial charge in [-0.2, -0.15) is 0 Å². The molecule has 63 heavy (non-hydrogen) atoms. The quantitative estimate of drug-likeness (QED) is 0.0262. The summed E-state index contributed by atoms with van der Waals surface area (Å²) in [7, 11) is 0. The maximum atomic E-state index is 12.8. The summed E-state index contributed by atoms with van der Waals surface area (Å²) >= 11 is 0. The second kappa shape index (κ2) is 51.2. The van der Waals surface area contributed by atoms with Crippen molar-refractivity contribution in [3.63, 3.8) is 0 Å². The SMILES string of the molecule is CCCCC/C=C\C/C=C\C/C=C\CCCCC(=O)OC[C@@H](COC(=O)CCCCCCC/C=C\CCCCCCCC)OC(=O)CCCC/C=C\C/C=C\C/C=C\CCCCC. The molecule has 6 nitrogen and oxygen atoms in total. The molecule has 0 saturated carbocycles. The van der Waals surface area contributed by atoms with E-state index in [0.29, 0.717) is 19.3 Å². The smallest absolute Gasteiger partial charge is 0.306 e. The van der Waals surface area contributed by atoms with Crippen LogP contribution in [0.5, 0.6) is 0 Å². The van der Waals surface area contributed by atoms with Crippen LogP contribution in [0.2, 0.25) is 0 Å². The highest BCUT2D eigenvalue weighted by atomic mass is 16.6. The number of hydrogen-bond acceptors (Lipinski definition) is 6. The fourth-order valence-corrected chi connectivity index (χ4v) is 6.86. The van der Waals surface area contributed by atoms with Gasteiger partial charge in [-0.15, -0.1) is 0 Å². The van der Waals surface area contributed by atoms with E-state index in [9.17, 15) is 14.4 Å². The van der Waals surface area contributed by atoms with E-state index >= 15 is 0 Å². The highest BCUT2D eigenvalue weighted by Gasteiger charge is 2.19. The van der Waals surface area contributed by atoms with E-state index in [-0.39, 0.29) is 37.5 Å². The van der Waals surface area contributed by atoms with Gasteiger partial charge in [0, 0.05) is 19.3 Å². The van der Waals surface area contributed by atoms with Gasteiger partial charge >= 0.3 is 17.9 Å². The minimum absolute atomic E-state index is 0.109. The van der Waals surface area contributed by atoms with Crippen molar-refractivity contribution in [3.8, 4) is 0 Å². The van der Waals surface area contributed by atoms with Crippen molar-refractivity contribution >= 4 is 17.9 Å². The molecule has 0 unspecified atom stereocenters. The van der Waals surface area contributed by atoms with Crippen molar-refractivity contribution in [2.75, 3.05) is 13.2 Å². The van der Waals surface area contributed by atoms with Gasteiger partial charge in [0.15, 0.2) is 6.10 Å². The van der Waals surface area contributed by atoms with Gasteiger partial charge in [0.2, 0.25) is 0 Å². The maximum Gasteiger partial charge on any atom is 0.306 e. The molecule has 0 fully saturated rings. The summed E-state index contributed by atoms with van der Waals surface area (Å²) in [6, 6.07) is 0. The van der Waals surface area contributed by atoms with Crippen molar-refractivity contribution in [1.82, 2.24) is 0 Å². The van der Waals surface area contributed by atoms with Crippen LogP contribution in [-0.2, 0) is 28.6 Å². The predicted octanol–water partition coefficient (Wildman–Crippen LogP) is 17.2. The third-order valence-electron chi connectivity index (χ3n) is 10.8. The third kappa shape index (κ3) is 49.5. The van der Waals surface area contributed by atoms with Crippen LogP contribution in [0.3, 0.4) is 0 Å². The first-order valence-electron chi connectivity index (χ1n) is 26.1. The summed E-state index contributed by atoms with van der Waals surface area (Å²) in [4.78, 5) is 38.0. The molecule has 0 N–H and O–H groups in total. The maximum absolute atomic E-state index is 12.8. The second-order valence-electron chi connectivity index (χ2n) is 17.1. The molecule has 0 bridgehead atoms. The molecule has 0 aliphatic carbocycles. The van der Waals surface area contributed by atoms with E-state index in [2.05, 4.69) is 106 Å². The van der Waals surface area contributed by atoms with Gasteiger partial charge in [0.05, 0.1) is 0 Å². The predicted molar refractivity (Wildman–Crippen MR) is 270 cm³/mol. The molecule has 6 heteroatoms. The Balaban J connectivity index is 4.53. The molecular weight excluding hydrogens is 781 g/mol. The summed E-state index contributed by atoms with van der Waals surface area (Å²) in [5, 5.41) is 0. The van der Waals surface area contributed by atoms with Crippen LogP contribution in [0.1, 0.15) is 239 Å². The molecule has 0 aliphatic rings. The molecule has 0 aromatic heterocycles. The number of esters is 3. The van der Waals surface area contributed by atoms with Crippen molar-refractivity contribution in [3.05, 3.63) is 85.1 Å². The molecule has 0 aliphatic heterocycles. The minimum atomic E-state index is -0.815. The lowest BCUT2D eigenvalue weighted by molar-refractivity contribution is -0.167. The molecule has 0 radical (unpaired) electrons. The van der Waals surface area contributed by atoms with Gasteiger partial charge in [-0.05, 0) is 122 Å². The number of ether oxygens (including phenoxy) is 3. The fraction of sp³-hybridized carbons (Fsp3) is 0.702. The van der Waals surface area contributed by atoms with Crippen molar-refractivity contribution in [2.24, 2.45) is 0 Å². The third-order valence-corrected chi connectivity index (χ3v) is 10.8. The highest BCUT2D eigenvalue weighted by molar-refractivity contribution is 5.71. The molecule has 0 heterocycles. The Morgan fingerprint density at radius 1 is 0.317 bits per heavy atom. The number of rotatable bonds is 46. The van der Waals surface area contributed by atoms with E-state index in [1.54, 1.807) is 0 Å². The lowest BCUT2D eigenvalue weighted by Gasteiger charge is -2.18. The van der Waals surface area contributed by atoms with Crippen molar-refractivity contribution in [1.29, 1.82) is 0 Å². The topological polar surface area (TPSA) is 78.9 Å². The molecule has 0 saturated heterocycles. The van der Waals surface area contributed by atoms with Crippen LogP contribution < -0.4 is 0 Å². The Morgan fingerprint density at radius 2 is 0.571 bits per heavy atom. The summed E-state index contributed by atoms with van der Waals surface area (Å²) < 4.78 is 16.7. The standard InChI is InChI=1S/C57H96O6/c1-4-7-10-13-16-19-22-25-28-31-34-37-40-43-46-49-55(58)61-52-54(63-57(60)51-48-45-42-39-36-33-30-27-24-21-18-15-12-9-6-3)53-62-56(59)50-47-44-41-38-35-32-29-26-23-20-17-14-11-8-5-2/h16,18-19,21,25-30,34,36-37,39,54H,4-15,17,20,22-24,31-33,35,38,40-53H2,1-3H3/b19-16-,21-18-,28-25-,29-26-,30-27-,37-34-,39-36-/t54-/m0/s1. The zero-order valence-electron chi connectivity index (χ0n) is 41.1. The first-order chi connectivity index (χ1) is 31.0. The van der Waals surface area contributed by atoms with E-state index < -0.39 is 6.10 Å². The van der Waals surface area contributed by atoms with Crippen LogP contribution >= 0.6 is 0 Å². The van der Waals surface area contributed by atoms with E-state index in [4.69, 9.17) is 14.2 Å². The zero-order chi connectivity index (χ0) is 45.8. The summed E-state index contributed by atoms with van der Waals surface area (Å²) in [5.41, 5.74) is 0. The average molecular weight is 877 g/mol. The number of allylic oxidation sites excluding steroid dienone is 14. The Labute approximate surface area is 388 Å². The van der Waals surface area contributed by atoms with Gasteiger partial charge in [-0.25, -0.2) is 0 Å². The summed E-state index contributed by atoms with van der Waals surface area (Å²) in [6.45, 7) is 6.50. The molecule has 0 amide bonds. The van der Waals surface area contributed by atoms with E-state index in [1.165, 1.54) is 103 Å². The molecule has 0 rings (SSSR count). The molecule has 360 valence electrons. The fourth-order valence-electron chi connectivity index (χ4n) is 6.86. The molecule has 0 aromatic carbocycles. The minimum Gasteiger partial charge on any atom is -0.462 e. The summed E-state index contributed by atoms with van der Waals surface area (Å²) in [6.07, 6.45) is 65.6. The van der Waals surface area contributed by atoms with Crippen LogP contribution in [0, 0.1) is 0 Å². The van der Waals surface area contributed by atoms with Crippen LogP contribution in [0.25, 0.3) is 0 Å². The normalized spacial score (nSPS) is 12.7. The zero-order valence-corrected chi connectivity index (χ0v) is 41.1. The highest BCUT2D eigenvalue weighted by Crippen LogP contribution is 2.12. The number of hydrogen-bond donors (Lipinski definition) is 0. The Kier molecular flexibility index (Phi) is 48.5. The lowest BCUT2D eigenvalue weighted by Crippen LogP contribution is -2.30. The molecule has 1 atom stereocenters. The average Bonchev–Trinajstić information content (AvgIpc) is 3.28. The van der Waals surface area contributed by atoms with Gasteiger partial charge in [0.25, 0.3) is 0 Å².